The quantitative estimate of drug-likeness (QED) is 0.876. The van der Waals surface area contributed by atoms with E-state index in [2.05, 4.69) is 9.62 Å². The molecule has 0 spiro atoms. The van der Waals surface area contributed by atoms with Crippen LogP contribution in [0.15, 0.2) is 47.4 Å². The van der Waals surface area contributed by atoms with Crippen LogP contribution in [0.25, 0.3) is 0 Å². The smallest absolute Gasteiger partial charge is 0.262 e. The van der Waals surface area contributed by atoms with Crippen LogP contribution in [0.1, 0.15) is 19.3 Å². The first kappa shape index (κ1) is 17.0. The van der Waals surface area contributed by atoms with E-state index in [1.807, 2.05) is 0 Å². The number of hydrogen-bond acceptors (Lipinski definition) is 3. The number of hydrogen-bond donors (Lipinski definition) is 1. The first-order valence-electron chi connectivity index (χ1n) is 7.79. The van der Waals surface area contributed by atoms with E-state index >= 15 is 0 Å². The topological polar surface area (TPSA) is 49.4 Å². The average molecular weight is 369 g/mol. The molecule has 1 fully saturated rings. The zero-order chi connectivity index (χ0) is 17.2. The molecule has 2 aromatic rings. The molecule has 0 saturated carbocycles. The number of nitrogens with one attached hydrogen (secondary N) is 1. The molecule has 1 saturated heterocycles. The van der Waals surface area contributed by atoms with Crippen LogP contribution in [0, 0.1) is 5.82 Å². The SMILES string of the molecule is O=S(=O)(Nc1cc(F)ccc1N1CCCCC1)c1cccc(Cl)c1. The van der Waals surface area contributed by atoms with Gasteiger partial charge < -0.3 is 4.90 Å². The van der Waals surface area contributed by atoms with Crippen molar-refractivity contribution in [3.05, 3.63) is 53.3 Å². The van der Waals surface area contributed by atoms with Crippen molar-refractivity contribution >= 4 is 33.0 Å². The minimum Gasteiger partial charge on any atom is -0.370 e. The number of nitrogens with zero attached hydrogens (tertiary/aromatic N) is 1. The van der Waals surface area contributed by atoms with Gasteiger partial charge in [-0.15, -0.1) is 0 Å². The molecule has 0 atom stereocenters. The molecule has 1 aliphatic rings. The molecule has 4 nitrogen and oxygen atoms in total. The van der Waals surface area contributed by atoms with Gasteiger partial charge in [0.05, 0.1) is 16.3 Å². The third-order valence-electron chi connectivity index (χ3n) is 4.01. The Morgan fingerprint density at radius 1 is 1.04 bits per heavy atom. The summed E-state index contributed by atoms with van der Waals surface area (Å²) >= 11 is 5.87. The van der Waals surface area contributed by atoms with Gasteiger partial charge in [0, 0.05) is 24.2 Å². The summed E-state index contributed by atoms with van der Waals surface area (Å²) in [5.74, 6) is -0.487. The predicted molar refractivity (Wildman–Crippen MR) is 94.7 cm³/mol. The second-order valence-electron chi connectivity index (χ2n) is 5.77. The monoisotopic (exact) mass is 368 g/mol. The third kappa shape index (κ3) is 3.82. The van der Waals surface area contributed by atoms with Crippen molar-refractivity contribution in [2.75, 3.05) is 22.7 Å². The normalized spacial score (nSPS) is 15.3. The molecule has 0 aromatic heterocycles. The molecule has 2 aromatic carbocycles. The zero-order valence-electron chi connectivity index (χ0n) is 13.0. The van der Waals surface area contributed by atoms with Crippen molar-refractivity contribution in [3.63, 3.8) is 0 Å². The summed E-state index contributed by atoms with van der Waals surface area (Å²) in [5, 5.41) is 0.327. The Bertz CT molecular complexity index is 836. The molecule has 7 heteroatoms. The fraction of sp³-hybridized carbons (Fsp3) is 0.294. The summed E-state index contributed by atoms with van der Waals surface area (Å²) in [6.07, 6.45) is 3.23. The molecule has 1 heterocycles. The highest BCUT2D eigenvalue weighted by Crippen LogP contribution is 2.31. The number of halogens is 2. The Labute approximate surface area is 146 Å². The lowest BCUT2D eigenvalue weighted by Crippen LogP contribution is -2.30. The molecule has 0 aliphatic carbocycles. The number of sulfonamides is 1. The minimum atomic E-state index is -3.84. The maximum Gasteiger partial charge on any atom is 0.262 e. The Hall–Kier alpha value is -1.79. The van der Waals surface area contributed by atoms with Crippen molar-refractivity contribution in [2.24, 2.45) is 0 Å². The third-order valence-corrected chi connectivity index (χ3v) is 5.60. The van der Waals surface area contributed by atoms with Crippen LogP contribution >= 0.6 is 11.6 Å². The van der Waals surface area contributed by atoms with Crippen LogP contribution in [-0.4, -0.2) is 21.5 Å². The molecule has 0 radical (unpaired) electrons. The Morgan fingerprint density at radius 2 is 1.79 bits per heavy atom. The maximum absolute atomic E-state index is 13.7. The predicted octanol–water partition coefficient (Wildman–Crippen LogP) is 4.27. The number of rotatable bonds is 4. The van der Waals surface area contributed by atoms with E-state index in [4.69, 9.17) is 11.6 Å². The van der Waals surface area contributed by atoms with Gasteiger partial charge in [-0.25, -0.2) is 12.8 Å². The van der Waals surface area contributed by atoms with E-state index in [-0.39, 0.29) is 10.6 Å². The lowest BCUT2D eigenvalue weighted by atomic mass is 10.1. The first-order chi connectivity index (χ1) is 11.5. The second-order valence-corrected chi connectivity index (χ2v) is 7.89. The highest BCUT2D eigenvalue weighted by atomic mass is 35.5. The van der Waals surface area contributed by atoms with Crippen LogP contribution in [0.3, 0.4) is 0 Å². The van der Waals surface area contributed by atoms with Crippen molar-refractivity contribution in [1.82, 2.24) is 0 Å². The molecule has 24 heavy (non-hydrogen) atoms. The number of piperidine rings is 1. The largest absolute Gasteiger partial charge is 0.370 e. The van der Waals surface area contributed by atoms with E-state index in [9.17, 15) is 12.8 Å². The second kappa shape index (κ2) is 6.99. The molecule has 0 bridgehead atoms. The van der Waals surface area contributed by atoms with Gasteiger partial charge in [0.25, 0.3) is 10.0 Å². The van der Waals surface area contributed by atoms with E-state index in [0.717, 1.165) is 32.4 Å². The van der Waals surface area contributed by atoms with Crippen LogP contribution in [-0.2, 0) is 10.0 Å². The molecular formula is C17H18ClFN2O2S. The molecule has 0 amide bonds. The highest BCUT2D eigenvalue weighted by Gasteiger charge is 2.20. The Morgan fingerprint density at radius 3 is 2.50 bits per heavy atom. The highest BCUT2D eigenvalue weighted by molar-refractivity contribution is 7.92. The standard InChI is InChI=1S/C17H18ClFN2O2S/c18-13-5-4-6-15(11-13)24(22,23)20-16-12-14(19)7-8-17(16)21-9-2-1-3-10-21/h4-8,11-12,20H,1-3,9-10H2. The van der Waals surface area contributed by atoms with Gasteiger partial charge >= 0.3 is 0 Å². The van der Waals surface area contributed by atoms with Crippen LogP contribution < -0.4 is 9.62 Å². The van der Waals surface area contributed by atoms with Crippen LogP contribution in [0.4, 0.5) is 15.8 Å². The van der Waals surface area contributed by atoms with Gasteiger partial charge in [0.1, 0.15) is 5.82 Å². The fourth-order valence-electron chi connectivity index (χ4n) is 2.84. The molecule has 3 rings (SSSR count). The summed E-state index contributed by atoms with van der Waals surface area (Å²) in [7, 11) is -3.84. The molecule has 1 aliphatic heterocycles. The summed E-state index contributed by atoms with van der Waals surface area (Å²) in [5.41, 5.74) is 0.943. The summed E-state index contributed by atoms with van der Waals surface area (Å²) < 4.78 is 41.4. The lowest BCUT2D eigenvalue weighted by molar-refractivity contribution is 0.577. The van der Waals surface area contributed by atoms with Gasteiger partial charge in [-0.2, -0.15) is 0 Å². The fourth-order valence-corrected chi connectivity index (χ4v) is 4.20. The van der Waals surface area contributed by atoms with Gasteiger partial charge in [0.2, 0.25) is 0 Å². The van der Waals surface area contributed by atoms with E-state index in [1.54, 1.807) is 18.2 Å². The van der Waals surface area contributed by atoms with Gasteiger partial charge in [-0.1, -0.05) is 17.7 Å². The molecule has 0 unspecified atom stereocenters. The average Bonchev–Trinajstić information content (AvgIpc) is 2.55. The van der Waals surface area contributed by atoms with E-state index < -0.39 is 15.8 Å². The maximum atomic E-state index is 13.7. The van der Waals surface area contributed by atoms with E-state index in [1.165, 1.54) is 24.3 Å². The molecular weight excluding hydrogens is 351 g/mol. The summed E-state index contributed by atoms with van der Waals surface area (Å²) in [4.78, 5) is 2.13. The van der Waals surface area contributed by atoms with Crippen LogP contribution in [0.2, 0.25) is 5.02 Å². The van der Waals surface area contributed by atoms with Crippen molar-refractivity contribution in [2.45, 2.75) is 24.2 Å². The zero-order valence-corrected chi connectivity index (χ0v) is 14.6. The number of benzene rings is 2. The minimum absolute atomic E-state index is 0.0452. The van der Waals surface area contributed by atoms with E-state index in [0.29, 0.717) is 10.7 Å². The van der Waals surface area contributed by atoms with Crippen molar-refractivity contribution in [1.29, 1.82) is 0 Å². The summed E-state index contributed by atoms with van der Waals surface area (Å²) in [6.45, 7) is 1.66. The Balaban J connectivity index is 1.95. The van der Waals surface area contributed by atoms with Gasteiger partial charge in [0.15, 0.2) is 0 Å². The molecule has 1 N–H and O–H groups in total. The lowest BCUT2D eigenvalue weighted by Gasteiger charge is -2.30. The van der Waals surface area contributed by atoms with Gasteiger partial charge in [-0.3, -0.25) is 4.72 Å². The summed E-state index contributed by atoms with van der Waals surface area (Å²) in [6, 6.07) is 10.2. The van der Waals surface area contributed by atoms with Crippen molar-refractivity contribution in [3.8, 4) is 0 Å². The Kier molecular flexibility index (Phi) is 4.96. The van der Waals surface area contributed by atoms with Crippen molar-refractivity contribution < 1.29 is 12.8 Å². The molecule has 128 valence electrons. The van der Waals surface area contributed by atoms with Crippen LogP contribution in [0.5, 0.6) is 0 Å². The number of anilines is 2. The van der Waals surface area contributed by atoms with Gasteiger partial charge in [-0.05, 0) is 49.6 Å². The first-order valence-corrected chi connectivity index (χ1v) is 9.65.